The van der Waals surface area contributed by atoms with Crippen LogP contribution in [0.2, 0.25) is 0 Å². The Morgan fingerprint density at radius 3 is 2.04 bits per heavy atom. The third kappa shape index (κ3) is 2.54. The van der Waals surface area contributed by atoms with Crippen LogP contribution in [0.25, 0.3) is 21.5 Å². The number of carboxylic acid groups (broad SMARTS) is 1. The normalized spacial score (nSPS) is 10.9. The molecule has 0 spiro atoms. The minimum atomic E-state index is -1.03. The van der Waals surface area contributed by atoms with E-state index in [0.717, 1.165) is 16.2 Å². The smallest absolute Gasteiger partial charge is 0.335 e. The molecule has 0 fully saturated rings. The van der Waals surface area contributed by atoms with E-state index in [1.807, 2.05) is 48.5 Å². The van der Waals surface area contributed by atoms with Crippen LogP contribution in [-0.4, -0.2) is 16.2 Å². The molecule has 122 valence electrons. The van der Waals surface area contributed by atoms with Crippen molar-refractivity contribution in [1.82, 2.24) is 0 Å². The number of carboxylic acids is 1. The van der Waals surface area contributed by atoms with E-state index in [9.17, 15) is 9.90 Å². The van der Waals surface area contributed by atoms with Gasteiger partial charge in [-0.2, -0.15) is 0 Å². The van der Waals surface area contributed by atoms with Gasteiger partial charge in [0.25, 0.3) is 0 Å². The molecule has 4 aromatic rings. The van der Waals surface area contributed by atoms with E-state index >= 15 is 0 Å². The number of benzene rings is 4. The van der Waals surface area contributed by atoms with Crippen LogP contribution in [-0.2, 0) is 0 Å². The van der Waals surface area contributed by atoms with Crippen molar-refractivity contribution in [3.63, 3.8) is 0 Å². The molecule has 4 nitrogen and oxygen atoms in total. The number of phenols is 1. The predicted octanol–water partition coefficient (Wildman–Crippen LogP) is 5.19. The Morgan fingerprint density at radius 1 is 0.760 bits per heavy atom. The highest BCUT2D eigenvalue weighted by Gasteiger charge is 2.16. The Kier molecular flexibility index (Phi) is 3.51. The zero-order chi connectivity index (χ0) is 17.4. The van der Waals surface area contributed by atoms with Gasteiger partial charge in [-0.15, -0.1) is 0 Å². The summed E-state index contributed by atoms with van der Waals surface area (Å²) in [6, 6.07) is 21.4. The molecule has 4 rings (SSSR count). The summed E-state index contributed by atoms with van der Waals surface area (Å²) >= 11 is 0. The number of aromatic hydroxyl groups is 1. The lowest BCUT2D eigenvalue weighted by Crippen LogP contribution is -1.96. The number of rotatable bonds is 3. The molecular formula is C21H14O4. The minimum Gasteiger partial charge on any atom is -0.504 e. The Labute approximate surface area is 143 Å². The van der Waals surface area contributed by atoms with Crippen LogP contribution in [0.1, 0.15) is 10.4 Å². The van der Waals surface area contributed by atoms with Crippen LogP contribution < -0.4 is 4.74 Å². The summed E-state index contributed by atoms with van der Waals surface area (Å²) in [6.45, 7) is 0. The lowest BCUT2D eigenvalue weighted by Gasteiger charge is -2.14. The maximum atomic E-state index is 11.2. The van der Waals surface area contributed by atoms with Gasteiger partial charge in [0.15, 0.2) is 11.5 Å². The lowest BCUT2D eigenvalue weighted by atomic mass is 10.00. The molecule has 0 atom stereocenters. The lowest BCUT2D eigenvalue weighted by molar-refractivity contribution is 0.0696. The van der Waals surface area contributed by atoms with Crippen molar-refractivity contribution in [3.8, 4) is 17.2 Å². The van der Waals surface area contributed by atoms with Gasteiger partial charge in [-0.05, 0) is 29.0 Å². The van der Waals surface area contributed by atoms with Crippen LogP contribution in [0, 0.1) is 0 Å². The second-order valence-electron chi connectivity index (χ2n) is 5.70. The summed E-state index contributed by atoms with van der Waals surface area (Å²) in [5, 5.41) is 23.2. The summed E-state index contributed by atoms with van der Waals surface area (Å²) in [5.41, 5.74) is 0.127. The molecule has 25 heavy (non-hydrogen) atoms. The fourth-order valence-electron chi connectivity index (χ4n) is 3.00. The fourth-order valence-corrected chi connectivity index (χ4v) is 3.00. The fraction of sp³-hybridized carbons (Fsp3) is 0. The van der Waals surface area contributed by atoms with Crippen LogP contribution in [0.15, 0.2) is 72.8 Å². The first-order valence-electron chi connectivity index (χ1n) is 7.79. The van der Waals surface area contributed by atoms with E-state index in [0.29, 0.717) is 16.9 Å². The molecule has 4 heteroatoms. The second kappa shape index (κ2) is 5.83. The highest BCUT2D eigenvalue weighted by atomic mass is 16.5. The SMILES string of the molecule is O=C(O)c1cccc(Oc2c(O)c3ccccc3c3ccccc23)c1. The Morgan fingerprint density at radius 2 is 1.36 bits per heavy atom. The summed E-state index contributed by atoms with van der Waals surface area (Å²) in [5.74, 6) is -0.319. The molecular weight excluding hydrogens is 316 g/mol. The zero-order valence-corrected chi connectivity index (χ0v) is 13.1. The van der Waals surface area contributed by atoms with Gasteiger partial charge in [0.1, 0.15) is 5.75 Å². The summed E-state index contributed by atoms with van der Waals surface area (Å²) in [4.78, 5) is 11.2. The molecule has 0 aliphatic rings. The van der Waals surface area contributed by atoms with Crippen molar-refractivity contribution in [1.29, 1.82) is 0 Å². The quantitative estimate of drug-likeness (QED) is 0.507. The van der Waals surface area contributed by atoms with Gasteiger partial charge in [-0.1, -0.05) is 54.6 Å². The van der Waals surface area contributed by atoms with Gasteiger partial charge >= 0.3 is 5.97 Å². The maximum absolute atomic E-state index is 11.2. The molecule has 0 heterocycles. The van der Waals surface area contributed by atoms with E-state index in [1.54, 1.807) is 12.1 Å². The minimum absolute atomic E-state index is 0.0371. The number of ether oxygens (including phenoxy) is 1. The van der Waals surface area contributed by atoms with Crippen LogP contribution in [0.3, 0.4) is 0 Å². The van der Waals surface area contributed by atoms with E-state index < -0.39 is 5.97 Å². The van der Waals surface area contributed by atoms with Crippen molar-refractivity contribution < 1.29 is 19.7 Å². The number of fused-ring (bicyclic) bond motifs is 3. The average molecular weight is 330 g/mol. The topological polar surface area (TPSA) is 66.8 Å². The molecule has 0 saturated heterocycles. The largest absolute Gasteiger partial charge is 0.504 e. The van der Waals surface area contributed by atoms with Gasteiger partial charge in [-0.3, -0.25) is 0 Å². The molecule has 0 amide bonds. The summed E-state index contributed by atoms with van der Waals surface area (Å²) < 4.78 is 5.91. The van der Waals surface area contributed by atoms with Gasteiger partial charge in [0, 0.05) is 10.8 Å². The molecule has 0 aliphatic carbocycles. The molecule has 0 aromatic heterocycles. The van der Waals surface area contributed by atoms with Crippen molar-refractivity contribution >= 4 is 27.5 Å². The maximum Gasteiger partial charge on any atom is 0.335 e. The first-order chi connectivity index (χ1) is 12.1. The molecule has 0 saturated carbocycles. The Bertz CT molecular complexity index is 1120. The number of hydrogen-bond donors (Lipinski definition) is 2. The number of carbonyl (C=O) groups is 1. The Hall–Kier alpha value is -3.53. The average Bonchev–Trinajstić information content (AvgIpc) is 2.65. The second-order valence-corrected chi connectivity index (χ2v) is 5.70. The Balaban J connectivity index is 1.96. The van der Waals surface area contributed by atoms with E-state index in [4.69, 9.17) is 9.84 Å². The van der Waals surface area contributed by atoms with Crippen molar-refractivity contribution in [3.05, 3.63) is 78.4 Å². The molecule has 4 aromatic carbocycles. The van der Waals surface area contributed by atoms with Crippen molar-refractivity contribution in [2.45, 2.75) is 0 Å². The van der Waals surface area contributed by atoms with E-state index in [1.165, 1.54) is 12.1 Å². The molecule has 0 bridgehead atoms. The first-order valence-corrected chi connectivity index (χ1v) is 7.79. The monoisotopic (exact) mass is 330 g/mol. The predicted molar refractivity (Wildman–Crippen MR) is 96.6 cm³/mol. The van der Waals surface area contributed by atoms with Gasteiger partial charge in [0.05, 0.1) is 5.56 Å². The highest BCUT2D eigenvalue weighted by molar-refractivity contribution is 6.13. The number of aromatic carboxylic acids is 1. The van der Waals surface area contributed by atoms with Crippen LogP contribution in [0.5, 0.6) is 17.2 Å². The molecule has 0 radical (unpaired) electrons. The zero-order valence-electron chi connectivity index (χ0n) is 13.1. The molecule has 0 unspecified atom stereocenters. The van der Waals surface area contributed by atoms with Crippen molar-refractivity contribution in [2.24, 2.45) is 0 Å². The van der Waals surface area contributed by atoms with Gasteiger partial charge in [-0.25, -0.2) is 4.79 Å². The third-order valence-corrected chi connectivity index (χ3v) is 4.16. The number of phenolic OH excluding ortho intramolecular Hbond substituents is 1. The van der Waals surface area contributed by atoms with E-state index in [2.05, 4.69) is 0 Å². The first kappa shape index (κ1) is 15.0. The van der Waals surface area contributed by atoms with Crippen LogP contribution in [0.4, 0.5) is 0 Å². The third-order valence-electron chi connectivity index (χ3n) is 4.16. The summed E-state index contributed by atoms with van der Waals surface area (Å²) in [6.07, 6.45) is 0. The van der Waals surface area contributed by atoms with E-state index in [-0.39, 0.29) is 11.3 Å². The highest BCUT2D eigenvalue weighted by Crippen LogP contribution is 2.44. The van der Waals surface area contributed by atoms with Gasteiger partial charge in [0.2, 0.25) is 0 Å². The molecule has 2 N–H and O–H groups in total. The van der Waals surface area contributed by atoms with Crippen LogP contribution >= 0.6 is 0 Å². The van der Waals surface area contributed by atoms with Gasteiger partial charge < -0.3 is 14.9 Å². The van der Waals surface area contributed by atoms with Crippen molar-refractivity contribution in [2.75, 3.05) is 0 Å². The standard InChI is InChI=1S/C21H14O4/c22-19-17-10-3-1-8-15(17)16-9-2-4-11-18(16)20(19)25-14-7-5-6-13(12-14)21(23)24/h1-12,22H,(H,23,24). The molecule has 0 aliphatic heterocycles. The summed E-state index contributed by atoms with van der Waals surface area (Å²) in [7, 11) is 0. The number of hydrogen-bond acceptors (Lipinski definition) is 3.